The van der Waals surface area contributed by atoms with Gasteiger partial charge in [0.15, 0.2) is 0 Å². The van der Waals surface area contributed by atoms with E-state index in [9.17, 15) is 0 Å². The molecular weight excluding hydrogens is 1230 g/mol. The first-order chi connectivity index (χ1) is 43.5. The molecular formula is C72H71O15P3Si. The molecule has 10 rings (SSSR count). The van der Waals surface area contributed by atoms with Crippen LogP contribution < -0.4 is 59.2 Å². The summed E-state index contributed by atoms with van der Waals surface area (Å²) in [4.78, 5) is 0. The van der Waals surface area contributed by atoms with E-state index in [1.165, 1.54) is 18.2 Å². The van der Waals surface area contributed by atoms with Crippen molar-refractivity contribution in [1.29, 1.82) is 0 Å². The molecule has 10 aromatic carbocycles. The van der Waals surface area contributed by atoms with Crippen molar-refractivity contribution in [2.24, 2.45) is 0 Å². The summed E-state index contributed by atoms with van der Waals surface area (Å²) >= 11 is 0. The quantitative estimate of drug-likeness (QED) is 0.0392. The number of hydrogen-bond acceptors (Lipinski definition) is 15. The minimum atomic E-state index is -4.66. The molecule has 0 amide bonds. The largest absolute Gasteiger partial charge is 0.737 e. The Morgan fingerprint density at radius 3 is 0.615 bits per heavy atom. The van der Waals surface area contributed by atoms with E-state index in [-0.39, 0.29) is 34.5 Å². The molecule has 0 radical (unpaired) electrons. The molecule has 15 nitrogen and oxygen atoms in total. The zero-order chi connectivity index (χ0) is 64.7. The minimum Gasteiger partial charge on any atom is -0.480 e. The lowest BCUT2D eigenvalue weighted by atomic mass is 10.1. The van der Waals surface area contributed by atoms with Crippen LogP contribution in [0.2, 0.25) is 0 Å². The van der Waals surface area contributed by atoms with Crippen molar-refractivity contribution in [3.63, 3.8) is 0 Å². The van der Waals surface area contributed by atoms with E-state index >= 15 is 13.7 Å². The standard InChI is InChI=1S/C72H71O15P3Si/c1-48-25-16-26-49(2)67(48)79-88(73,80-68-50(3)27-17-28-51(68)4)76-60-37-22-40-63(45-60)85-91(66-43-14-13-15-44-66,86-64-41-23-38-61(46-64)77-89(74,81-69-52(5)29-18-30-53(69)6)82-70-54(7)31-19-32-55(70)8)87-65-42-24-39-62(47-65)78-90(75,83-71-56(9)33-20-34-57(71)10)84-72-58(11)35-21-36-59(72)12/h13-47H,1-12H3. The summed E-state index contributed by atoms with van der Waals surface area (Å²) in [5.41, 5.74) is 8.49. The van der Waals surface area contributed by atoms with Crippen LogP contribution >= 0.6 is 23.5 Å². The Morgan fingerprint density at radius 2 is 0.407 bits per heavy atom. The van der Waals surface area contributed by atoms with Gasteiger partial charge < -0.3 is 54.0 Å². The molecule has 0 atom stereocenters. The third-order valence-electron chi connectivity index (χ3n) is 14.6. The van der Waals surface area contributed by atoms with Crippen molar-refractivity contribution in [3.05, 3.63) is 279 Å². The molecule has 0 spiro atoms. The second-order valence-corrected chi connectivity index (χ2v) is 28.8. The first-order valence-electron chi connectivity index (χ1n) is 29.3. The average molecular weight is 1300 g/mol. The molecule has 0 unspecified atom stereocenters. The lowest BCUT2D eigenvalue weighted by Gasteiger charge is -2.31. The average Bonchev–Trinajstić information content (AvgIpc) is 0.963. The maximum atomic E-state index is 15.4. The lowest BCUT2D eigenvalue weighted by Crippen LogP contribution is -2.64. The SMILES string of the molecule is Cc1cccc(C)c1OP(=O)(Oc1cccc(O[Si](Oc2cccc(OP(=O)(Oc3c(C)cccc3C)Oc3c(C)cccc3C)c2)(Oc2cccc(OP(=O)(Oc3c(C)cccc3C)Oc3c(C)cccc3C)c2)c2ccccc2)c1)Oc1c(C)cccc1C. The Labute approximate surface area is 533 Å². The first-order valence-corrected chi connectivity index (χ1v) is 35.4. The third kappa shape index (κ3) is 15.7. The van der Waals surface area contributed by atoms with Crippen LogP contribution in [0.15, 0.2) is 212 Å². The van der Waals surface area contributed by atoms with E-state index in [1.807, 2.05) is 198 Å². The van der Waals surface area contributed by atoms with Gasteiger partial charge in [-0.05, 0) is 186 Å². The van der Waals surface area contributed by atoms with Crippen LogP contribution in [0.3, 0.4) is 0 Å². The van der Waals surface area contributed by atoms with Gasteiger partial charge in [-0.2, -0.15) is 13.7 Å². The third-order valence-corrected chi connectivity index (χ3v) is 20.9. The summed E-state index contributed by atoms with van der Waals surface area (Å²) in [5.74, 6) is 2.45. The Balaban J connectivity index is 1.08. The van der Waals surface area contributed by atoms with Crippen molar-refractivity contribution in [1.82, 2.24) is 0 Å². The molecule has 0 aliphatic carbocycles. The van der Waals surface area contributed by atoms with Crippen LogP contribution in [-0.4, -0.2) is 8.80 Å². The predicted molar refractivity (Wildman–Crippen MR) is 357 cm³/mol. The van der Waals surface area contributed by atoms with Gasteiger partial charge in [0.1, 0.15) is 69.0 Å². The Hall–Kier alpha value is -9.29. The number of para-hydroxylation sites is 6. The molecule has 0 aromatic heterocycles. The predicted octanol–water partition coefficient (Wildman–Crippen LogP) is 19.7. The fraction of sp³-hybridized carbons (Fsp3) is 0.167. The smallest absolute Gasteiger partial charge is 0.480 e. The molecule has 0 heterocycles. The Kier molecular flexibility index (Phi) is 19.5. The zero-order valence-corrected chi connectivity index (χ0v) is 56.4. The van der Waals surface area contributed by atoms with Gasteiger partial charge in [-0.25, -0.2) is 0 Å². The van der Waals surface area contributed by atoms with E-state index < -0.39 is 32.3 Å². The van der Waals surface area contributed by atoms with E-state index in [4.69, 9.17) is 54.0 Å². The van der Waals surface area contributed by atoms with Crippen LogP contribution in [0, 0.1) is 83.1 Å². The molecule has 10 aromatic rings. The van der Waals surface area contributed by atoms with E-state index in [1.54, 1.807) is 78.9 Å². The summed E-state index contributed by atoms with van der Waals surface area (Å²) < 4.78 is 125. The van der Waals surface area contributed by atoms with Crippen LogP contribution in [-0.2, 0) is 13.7 Å². The number of phosphoric ester groups is 3. The normalized spacial score (nSPS) is 11.6. The molecule has 0 saturated heterocycles. The number of phosphoric acid groups is 3. The molecule has 0 fully saturated rings. The summed E-state index contributed by atoms with van der Waals surface area (Å²) in [6.07, 6.45) is 0. The van der Waals surface area contributed by atoms with Gasteiger partial charge in [-0.1, -0.05) is 158 Å². The van der Waals surface area contributed by atoms with Gasteiger partial charge in [0, 0.05) is 18.2 Å². The van der Waals surface area contributed by atoms with Crippen LogP contribution in [0.5, 0.6) is 69.0 Å². The summed E-state index contributed by atoms with van der Waals surface area (Å²) in [7, 11) is -18.5. The maximum absolute atomic E-state index is 15.4. The summed E-state index contributed by atoms with van der Waals surface area (Å²) in [6.45, 7) is 22.1. The summed E-state index contributed by atoms with van der Waals surface area (Å²) in [5, 5.41) is 0.436. The summed E-state index contributed by atoms with van der Waals surface area (Å²) in [6, 6.07) is 61.6. The fourth-order valence-corrected chi connectivity index (χ4v) is 16.9. The highest BCUT2D eigenvalue weighted by atomic mass is 31.2. The van der Waals surface area contributed by atoms with Gasteiger partial charge in [-0.3, -0.25) is 0 Å². The molecule has 0 bridgehead atoms. The van der Waals surface area contributed by atoms with Crippen LogP contribution in [0.4, 0.5) is 0 Å². The molecule has 91 heavy (non-hydrogen) atoms. The fourth-order valence-electron chi connectivity index (χ4n) is 10.0. The second-order valence-electron chi connectivity index (χ2n) is 22.1. The highest BCUT2D eigenvalue weighted by molar-refractivity contribution is 7.50. The van der Waals surface area contributed by atoms with Crippen molar-refractivity contribution < 1.29 is 67.7 Å². The highest BCUT2D eigenvalue weighted by Gasteiger charge is 2.53. The number of rotatable bonds is 25. The molecule has 0 N–H and O–H groups in total. The van der Waals surface area contributed by atoms with Crippen molar-refractivity contribution in [2.45, 2.75) is 83.1 Å². The van der Waals surface area contributed by atoms with Crippen molar-refractivity contribution >= 4 is 37.5 Å². The zero-order valence-electron chi connectivity index (χ0n) is 52.7. The minimum absolute atomic E-state index is 0.0344. The maximum Gasteiger partial charge on any atom is 0.737 e. The van der Waals surface area contributed by atoms with Gasteiger partial charge in [-0.15, -0.1) is 0 Å². The lowest BCUT2D eigenvalue weighted by molar-refractivity contribution is 0.278. The highest BCUT2D eigenvalue weighted by Crippen LogP contribution is 2.56. The van der Waals surface area contributed by atoms with E-state index in [0.717, 1.165) is 0 Å². The van der Waals surface area contributed by atoms with E-state index in [0.29, 0.717) is 106 Å². The van der Waals surface area contributed by atoms with Gasteiger partial charge in [0.25, 0.3) is 0 Å². The molecule has 0 aliphatic rings. The number of benzene rings is 10. The number of hydrogen-bond donors (Lipinski definition) is 0. The van der Waals surface area contributed by atoms with Gasteiger partial charge in [0.2, 0.25) is 0 Å². The van der Waals surface area contributed by atoms with Crippen LogP contribution in [0.1, 0.15) is 66.8 Å². The van der Waals surface area contributed by atoms with E-state index in [2.05, 4.69) is 0 Å². The van der Waals surface area contributed by atoms with Crippen LogP contribution in [0.25, 0.3) is 0 Å². The second kappa shape index (κ2) is 27.4. The van der Waals surface area contributed by atoms with Crippen molar-refractivity contribution in [3.8, 4) is 69.0 Å². The Morgan fingerprint density at radius 1 is 0.220 bits per heavy atom. The first kappa shape index (κ1) is 64.7. The Bertz CT molecular complexity index is 3740. The topological polar surface area (TPSA) is 162 Å². The monoisotopic (exact) mass is 1300 g/mol. The van der Waals surface area contributed by atoms with Gasteiger partial charge in [0.05, 0.1) is 5.19 Å². The number of aryl methyl sites for hydroxylation is 12. The molecule has 19 heteroatoms. The molecule has 468 valence electrons. The molecule has 0 saturated carbocycles. The van der Waals surface area contributed by atoms with Gasteiger partial charge >= 0.3 is 32.3 Å². The van der Waals surface area contributed by atoms with Crippen molar-refractivity contribution in [2.75, 3.05) is 0 Å². The molecule has 0 aliphatic heterocycles.